The highest BCUT2D eigenvalue weighted by Gasteiger charge is 2.28. The summed E-state index contributed by atoms with van der Waals surface area (Å²) in [6.45, 7) is -2.72. The Balaban J connectivity index is 2.68. The van der Waals surface area contributed by atoms with Gasteiger partial charge in [0.15, 0.2) is 0 Å². The first kappa shape index (κ1) is 16.9. The van der Waals surface area contributed by atoms with Gasteiger partial charge in [-0.2, -0.15) is 18.4 Å². The molecule has 10 heteroatoms. The van der Waals surface area contributed by atoms with Crippen LogP contribution >= 0.6 is 0 Å². The molecule has 114 valence electrons. The Morgan fingerprint density at radius 1 is 1.38 bits per heavy atom. The molecule has 1 amide bonds. The van der Waals surface area contributed by atoms with E-state index in [-0.39, 0.29) is 10.5 Å². The number of hydrogen-bond donors (Lipinski definition) is 1. The molecule has 0 aliphatic heterocycles. The average molecular weight is 322 g/mol. The van der Waals surface area contributed by atoms with Crippen molar-refractivity contribution in [1.82, 2.24) is 4.72 Å². The summed E-state index contributed by atoms with van der Waals surface area (Å²) in [6, 6.07) is 6.51. The quantitative estimate of drug-likeness (QED) is 0.870. The molecule has 0 atom stereocenters. The number of carbonyl (C=O) groups is 1. The van der Waals surface area contributed by atoms with Crippen molar-refractivity contribution in [2.75, 3.05) is 13.2 Å². The smallest absolute Gasteiger partial charge is 0.362 e. The van der Waals surface area contributed by atoms with Crippen molar-refractivity contribution in [2.24, 2.45) is 0 Å². The van der Waals surface area contributed by atoms with Gasteiger partial charge >= 0.3 is 6.18 Å². The maximum absolute atomic E-state index is 11.8. The van der Waals surface area contributed by atoms with Gasteiger partial charge in [0.1, 0.15) is 13.2 Å². The molecule has 0 saturated carbocycles. The Bertz CT molecular complexity index is 665. The zero-order valence-corrected chi connectivity index (χ0v) is 11.2. The van der Waals surface area contributed by atoms with E-state index in [1.165, 1.54) is 12.1 Å². The predicted octanol–water partition coefficient (Wildman–Crippen LogP) is 0.942. The van der Waals surface area contributed by atoms with Crippen LogP contribution in [0.2, 0.25) is 0 Å². The normalized spacial score (nSPS) is 11.7. The monoisotopic (exact) mass is 322 g/mol. The van der Waals surface area contributed by atoms with E-state index in [1.807, 2.05) is 0 Å². The number of benzene rings is 1. The van der Waals surface area contributed by atoms with Crippen LogP contribution in [0.1, 0.15) is 5.56 Å². The first-order valence-electron chi connectivity index (χ1n) is 5.34. The van der Waals surface area contributed by atoms with Gasteiger partial charge in [-0.25, -0.2) is 13.1 Å². The van der Waals surface area contributed by atoms with Gasteiger partial charge in [-0.05, 0) is 18.2 Å². The number of ether oxygens (including phenoxy) is 1. The van der Waals surface area contributed by atoms with E-state index in [2.05, 4.69) is 4.74 Å². The van der Waals surface area contributed by atoms with Gasteiger partial charge in [0.05, 0.1) is 16.5 Å². The second-order valence-corrected chi connectivity index (χ2v) is 5.46. The SMILES string of the molecule is N#Cc1cccc(S(=O)(=O)NC(=O)COCC(F)(F)F)c1. The summed E-state index contributed by atoms with van der Waals surface area (Å²) in [5.41, 5.74) is 0.0543. The standard InChI is InChI=1S/C11H9F3N2O4S/c12-11(13,14)7-20-6-10(17)16-21(18,19)9-3-1-2-8(4-9)5-15/h1-4H,6-7H2,(H,16,17). The van der Waals surface area contributed by atoms with E-state index in [1.54, 1.807) is 10.8 Å². The fraction of sp³-hybridized carbons (Fsp3) is 0.273. The number of nitrogens with zero attached hydrogens (tertiary/aromatic N) is 1. The van der Waals surface area contributed by atoms with E-state index in [0.717, 1.165) is 12.1 Å². The van der Waals surface area contributed by atoms with E-state index < -0.39 is 35.3 Å². The Hall–Kier alpha value is -2.12. The molecule has 0 bridgehead atoms. The largest absolute Gasteiger partial charge is 0.411 e. The van der Waals surface area contributed by atoms with Gasteiger partial charge in [0, 0.05) is 0 Å². The minimum Gasteiger partial charge on any atom is -0.362 e. The summed E-state index contributed by atoms with van der Waals surface area (Å²) < 4.78 is 64.4. The van der Waals surface area contributed by atoms with Crippen molar-refractivity contribution in [2.45, 2.75) is 11.1 Å². The van der Waals surface area contributed by atoms with Gasteiger partial charge in [-0.3, -0.25) is 4.79 Å². The molecular weight excluding hydrogens is 313 g/mol. The second-order valence-electron chi connectivity index (χ2n) is 3.78. The molecule has 0 radical (unpaired) electrons. The summed E-state index contributed by atoms with van der Waals surface area (Å²) in [7, 11) is -4.27. The molecule has 21 heavy (non-hydrogen) atoms. The van der Waals surface area contributed by atoms with Crippen molar-refractivity contribution >= 4 is 15.9 Å². The number of carbonyl (C=O) groups excluding carboxylic acids is 1. The van der Waals surface area contributed by atoms with E-state index in [4.69, 9.17) is 5.26 Å². The van der Waals surface area contributed by atoms with Crippen LogP contribution in [0.25, 0.3) is 0 Å². The lowest BCUT2D eigenvalue weighted by Gasteiger charge is -2.09. The van der Waals surface area contributed by atoms with Crippen LogP contribution in [-0.4, -0.2) is 33.7 Å². The lowest BCUT2D eigenvalue weighted by atomic mass is 10.2. The molecular formula is C11H9F3N2O4S. The van der Waals surface area contributed by atoms with Crippen LogP contribution in [0.5, 0.6) is 0 Å². The molecule has 0 spiro atoms. The molecule has 0 aliphatic rings. The molecule has 1 aromatic rings. The van der Waals surface area contributed by atoms with Crippen LogP contribution in [0.15, 0.2) is 29.2 Å². The van der Waals surface area contributed by atoms with E-state index in [0.29, 0.717) is 0 Å². The van der Waals surface area contributed by atoms with Crippen molar-refractivity contribution in [3.8, 4) is 6.07 Å². The topological polar surface area (TPSA) is 96.3 Å². The highest BCUT2D eigenvalue weighted by Crippen LogP contribution is 2.14. The number of sulfonamides is 1. The Labute approximate surface area is 118 Å². The first-order valence-corrected chi connectivity index (χ1v) is 6.83. The van der Waals surface area contributed by atoms with Gasteiger partial charge in [0.25, 0.3) is 15.9 Å². The van der Waals surface area contributed by atoms with Crippen LogP contribution in [0.4, 0.5) is 13.2 Å². The van der Waals surface area contributed by atoms with E-state index >= 15 is 0 Å². The summed E-state index contributed by atoms with van der Waals surface area (Å²) in [5.74, 6) is -1.25. The second kappa shape index (κ2) is 6.55. The lowest BCUT2D eigenvalue weighted by molar-refractivity contribution is -0.175. The third-order valence-corrected chi connectivity index (χ3v) is 3.39. The molecule has 1 aromatic carbocycles. The van der Waals surface area contributed by atoms with Crippen LogP contribution in [0.3, 0.4) is 0 Å². The number of alkyl halides is 3. The minimum atomic E-state index is -4.61. The number of amides is 1. The fourth-order valence-electron chi connectivity index (χ4n) is 1.23. The van der Waals surface area contributed by atoms with Crippen LogP contribution in [0, 0.1) is 11.3 Å². The van der Waals surface area contributed by atoms with Crippen molar-refractivity contribution in [1.29, 1.82) is 5.26 Å². The summed E-state index contributed by atoms with van der Waals surface area (Å²) >= 11 is 0. The molecule has 0 saturated heterocycles. The highest BCUT2D eigenvalue weighted by atomic mass is 32.2. The van der Waals surface area contributed by atoms with E-state index in [9.17, 15) is 26.4 Å². The van der Waals surface area contributed by atoms with Gasteiger partial charge < -0.3 is 4.74 Å². The number of nitrogens with one attached hydrogen (secondary N) is 1. The zero-order chi connectivity index (χ0) is 16.1. The molecule has 6 nitrogen and oxygen atoms in total. The minimum absolute atomic E-state index is 0.0543. The molecule has 1 N–H and O–H groups in total. The van der Waals surface area contributed by atoms with Crippen LogP contribution in [-0.2, 0) is 19.6 Å². The predicted molar refractivity (Wildman–Crippen MR) is 63.4 cm³/mol. The summed E-state index contributed by atoms with van der Waals surface area (Å²) in [6.07, 6.45) is -4.61. The number of halogens is 3. The highest BCUT2D eigenvalue weighted by molar-refractivity contribution is 7.90. The summed E-state index contributed by atoms with van der Waals surface area (Å²) in [5, 5.41) is 8.64. The third-order valence-electron chi connectivity index (χ3n) is 2.02. The zero-order valence-electron chi connectivity index (χ0n) is 10.3. The van der Waals surface area contributed by atoms with Gasteiger partial charge in [-0.15, -0.1) is 0 Å². The maximum atomic E-state index is 11.8. The van der Waals surface area contributed by atoms with Crippen LogP contribution < -0.4 is 4.72 Å². The number of hydrogen-bond acceptors (Lipinski definition) is 5. The average Bonchev–Trinajstić information content (AvgIpc) is 2.36. The van der Waals surface area contributed by atoms with Gasteiger partial charge in [-0.1, -0.05) is 6.07 Å². The van der Waals surface area contributed by atoms with Crippen molar-refractivity contribution in [3.05, 3.63) is 29.8 Å². The van der Waals surface area contributed by atoms with Crippen molar-refractivity contribution < 1.29 is 31.1 Å². The molecule has 0 heterocycles. The first-order chi connectivity index (χ1) is 9.64. The molecule has 0 aliphatic carbocycles. The molecule has 1 rings (SSSR count). The lowest BCUT2D eigenvalue weighted by Crippen LogP contribution is -2.34. The van der Waals surface area contributed by atoms with Crippen molar-refractivity contribution in [3.63, 3.8) is 0 Å². The number of nitriles is 1. The Morgan fingerprint density at radius 2 is 2.05 bits per heavy atom. The Kier molecular flexibility index (Phi) is 5.28. The summed E-state index contributed by atoms with van der Waals surface area (Å²) in [4.78, 5) is 10.9. The molecule has 0 unspecified atom stereocenters. The Morgan fingerprint density at radius 3 is 2.62 bits per heavy atom. The molecule has 0 aromatic heterocycles. The molecule has 0 fully saturated rings. The third kappa shape index (κ3) is 5.80. The maximum Gasteiger partial charge on any atom is 0.411 e. The number of rotatable bonds is 5. The van der Waals surface area contributed by atoms with Gasteiger partial charge in [0.2, 0.25) is 0 Å². The fourth-order valence-corrected chi connectivity index (χ4v) is 2.25.